The molecule has 0 spiro atoms. The lowest BCUT2D eigenvalue weighted by Gasteiger charge is -2.24. The maximum Gasteiger partial charge on any atom is 0.254 e. The first-order valence-corrected chi connectivity index (χ1v) is 7.55. The number of aliphatic hydroxyl groups is 2. The molecule has 1 fully saturated rings. The van der Waals surface area contributed by atoms with Crippen LogP contribution in [0.15, 0.2) is 43.0 Å². The molecule has 120 valence electrons. The van der Waals surface area contributed by atoms with Crippen LogP contribution in [0.4, 0.5) is 0 Å². The highest BCUT2D eigenvalue weighted by molar-refractivity contribution is 5.93. The van der Waals surface area contributed by atoms with Crippen molar-refractivity contribution in [2.75, 3.05) is 0 Å². The molecule has 2 aromatic rings. The van der Waals surface area contributed by atoms with Gasteiger partial charge >= 0.3 is 0 Å². The number of amides is 1. The molecule has 4 atom stereocenters. The van der Waals surface area contributed by atoms with Crippen LogP contribution >= 0.6 is 0 Å². The highest BCUT2D eigenvalue weighted by Gasteiger charge is 2.43. The quantitative estimate of drug-likeness (QED) is 0.779. The molecule has 1 aliphatic rings. The van der Waals surface area contributed by atoms with Crippen LogP contribution in [0.5, 0.6) is 0 Å². The van der Waals surface area contributed by atoms with Gasteiger partial charge in [0.2, 0.25) is 0 Å². The third kappa shape index (κ3) is 3.09. The zero-order valence-electron chi connectivity index (χ0n) is 12.8. The van der Waals surface area contributed by atoms with Crippen molar-refractivity contribution in [2.45, 2.75) is 37.5 Å². The summed E-state index contributed by atoms with van der Waals surface area (Å²) in [4.78, 5) is 20.0. The first kappa shape index (κ1) is 15.6. The van der Waals surface area contributed by atoms with Crippen molar-refractivity contribution in [3.05, 3.63) is 59.7 Å². The topological polar surface area (TPSA) is 95.3 Å². The number of nitrogens with one attached hydrogen (secondary N) is 1. The summed E-state index contributed by atoms with van der Waals surface area (Å²) in [5.74, 6) is -0.503. The molecule has 1 amide bonds. The first-order chi connectivity index (χ1) is 11.1. The van der Waals surface area contributed by atoms with Gasteiger partial charge in [0, 0.05) is 18.3 Å². The summed E-state index contributed by atoms with van der Waals surface area (Å²) >= 11 is 0. The Kier molecular flexibility index (Phi) is 4.36. The molecule has 3 N–H and O–H groups in total. The Balaban J connectivity index is 1.86. The van der Waals surface area contributed by atoms with E-state index < -0.39 is 18.2 Å². The Labute approximate surface area is 134 Å². The predicted molar refractivity (Wildman–Crippen MR) is 83.8 cm³/mol. The number of rotatable bonds is 3. The fourth-order valence-electron chi connectivity index (χ4n) is 3.18. The lowest BCUT2D eigenvalue weighted by atomic mass is 9.90. The molecule has 1 aromatic heterocycles. The summed E-state index contributed by atoms with van der Waals surface area (Å²) in [7, 11) is 0. The average Bonchev–Trinajstić information content (AvgIpc) is 2.84. The molecule has 0 bridgehead atoms. The number of aliphatic hydroxyl groups excluding tert-OH is 2. The van der Waals surface area contributed by atoms with Crippen molar-refractivity contribution in [3.8, 4) is 0 Å². The molecular formula is C17H19N3O3. The van der Waals surface area contributed by atoms with Gasteiger partial charge in [-0.3, -0.25) is 4.79 Å². The predicted octanol–water partition coefficient (Wildman–Crippen LogP) is 0.793. The van der Waals surface area contributed by atoms with Crippen LogP contribution in [0.3, 0.4) is 0 Å². The van der Waals surface area contributed by atoms with Gasteiger partial charge in [-0.1, -0.05) is 24.3 Å². The number of carbonyl (C=O) groups excluding carboxylic acids is 1. The number of nitrogens with zero attached hydrogens (tertiary/aromatic N) is 2. The Morgan fingerprint density at radius 3 is 2.61 bits per heavy atom. The summed E-state index contributed by atoms with van der Waals surface area (Å²) in [6.07, 6.45) is 2.72. The highest BCUT2D eigenvalue weighted by atomic mass is 16.3. The van der Waals surface area contributed by atoms with E-state index in [-0.39, 0.29) is 11.8 Å². The smallest absolute Gasteiger partial charge is 0.254 e. The van der Waals surface area contributed by atoms with Gasteiger partial charge in [0.15, 0.2) is 0 Å². The van der Waals surface area contributed by atoms with E-state index in [1.165, 1.54) is 18.7 Å². The van der Waals surface area contributed by atoms with Crippen LogP contribution in [0.1, 0.15) is 33.8 Å². The highest BCUT2D eigenvalue weighted by Crippen LogP contribution is 2.36. The lowest BCUT2D eigenvalue weighted by Crippen LogP contribution is -2.45. The van der Waals surface area contributed by atoms with Crippen molar-refractivity contribution in [1.82, 2.24) is 15.3 Å². The molecule has 0 aliphatic heterocycles. The minimum atomic E-state index is -1.01. The Hall–Kier alpha value is -2.31. The van der Waals surface area contributed by atoms with E-state index in [9.17, 15) is 15.0 Å². The van der Waals surface area contributed by atoms with Crippen LogP contribution in [0.2, 0.25) is 0 Å². The zero-order chi connectivity index (χ0) is 16.4. The van der Waals surface area contributed by atoms with E-state index in [1.54, 1.807) is 0 Å². The summed E-state index contributed by atoms with van der Waals surface area (Å²) in [6.45, 7) is 1.98. The average molecular weight is 313 g/mol. The standard InChI is InChI=1S/C17H19N3O3/c1-10-4-2-3-5-12(10)13-6-14(21)16(22)15(13)20-17(23)11-7-18-9-19-8-11/h2-5,7-9,13-16,21-22H,6H2,1H3,(H,20,23)/t13-,14-,15-,16-/m1/s1. The second kappa shape index (κ2) is 6.44. The molecule has 23 heavy (non-hydrogen) atoms. The molecule has 6 nitrogen and oxygen atoms in total. The zero-order valence-corrected chi connectivity index (χ0v) is 12.8. The van der Waals surface area contributed by atoms with Crippen molar-refractivity contribution in [2.24, 2.45) is 0 Å². The normalized spacial score (nSPS) is 26.9. The first-order valence-electron chi connectivity index (χ1n) is 7.55. The van der Waals surface area contributed by atoms with E-state index in [4.69, 9.17) is 0 Å². The molecule has 1 saturated carbocycles. The van der Waals surface area contributed by atoms with E-state index in [0.717, 1.165) is 11.1 Å². The second-order valence-corrected chi connectivity index (χ2v) is 5.88. The van der Waals surface area contributed by atoms with E-state index in [1.807, 2.05) is 31.2 Å². The number of aryl methyl sites for hydroxylation is 1. The molecule has 0 unspecified atom stereocenters. The van der Waals surface area contributed by atoms with E-state index >= 15 is 0 Å². The summed E-state index contributed by atoms with van der Waals surface area (Å²) < 4.78 is 0. The van der Waals surface area contributed by atoms with Gasteiger partial charge in [0.25, 0.3) is 5.91 Å². The number of hydrogen-bond acceptors (Lipinski definition) is 5. The van der Waals surface area contributed by atoms with Gasteiger partial charge in [0.05, 0.1) is 17.7 Å². The minimum Gasteiger partial charge on any atom is -0.390 e. The van der Waals surface area contributed by atoms with E-state index in [0.29, 0.717) is 12.0 Å². The number of carbonyl (C=O) groups is 1. The van der Waals surface area contributed by atoms with Gasteiger partial charge in [-0.2, -0.15) is 0 Å². The maximum absolute atomic E-state index is 12.3. The number of aromatic nitrogens is 2. The molecule has 0 saturated heterocycles. The van der Waals surface area contributed by atoms with Gasteiger partial charge in [-0.25, -0.2) is 9.97 Å². The molecular weight excluding hydrogens is 294 g/mol. The summed E-state index contributed by atoms with van der Waals surface area (Å²) in [5.41, 5.74) is 2.42. The third-order valence-corrected chi connectivity index (χ3v) is 4.40. The largest absolute Gasteiger partial charge is 0.390 e. The number of benzene rings is 1. The van der Waals surface area contributed by atoms with Crippen molar-refractivity contribution in [1.29, 1.82) is 0 Å². The molecule has 0 radical (unpaired) electrons. The molecule has 1 aliphatic carbocycles. The fraction of sp³-hybridized carbons (Fsp3) is 0.353. The van der Waals surface area contributed by atoms with Crippen molar-refractivity contribution >= 4 is 5.91 Å². The van der Waals surface area contributed by atoms with Gasteiger partial charge < -0.3 is 15.5 Å². The van der Waals surface area contributed by atoms with Gasteiger partial charge in [0.1, 0.15) is 12.4 Å². The van der Waals surface area contributed by atoms with Crippen LogP contribution in [0, 0.1) is 6.92 Å². The van der Waals surface area contributed by atoms with Crippen molar-refractivity contribution in [3.63, 3.8) is 0 Å². The maximum atomic E-state index is 12.3. The van der Waals surface area contributed by atoms with Gasteiger partial charge in [-0.15, -0.1) is 0 Å². The van der Waals surface area contributed by atoms with Crippen LogP contribution < -0.4 is 5.32 Å². The Morgan fingerprint density at radius 1 is 1.22 bits per heavy atom. The summed E-state index contributed by atoms with van der Waals surface area (Å²) in [6, 6.07) is 7.25. The van der Waals surface area contributed by atoms with Crippen molar-refractivity contribution < 1.29 is 15.0 Å². The van der Waals surface area contributed by atoms with Crippen LogP contribution in [-0.4, -0.2) is 44.3 Å². The molecule has 1 heterocycles. The summed E-state index contributed by atoms with van der Waals surface area (Å²) in [5, 5.41) is 23.2. The molecule has 1 aromatic carbocycles. The Morgan fingerprint density at radius 2 is 1.91 bits per heavy atom. The number of hydrogen-bond donors (Lipinski definition) is 3. The van der Waals surface area contributed by atoms with Crippen LogP contribution in [0.25, 0.3) is 0 Å². The monoisotopic (exact) mass is 313 g/mol. The molecule has 3 rings (SSSR count). The Bertz CT molecular complexity index is 692. The SMILES string of the molecule is Cc1ccccc1[C@H]1C[C@@H](O)[C@@H](O)[C@@H]1NC(=O)c1cncnc1. The van der Waals surface area contributed by atoms with Gasteiger partial charge in [-0.05, 0) is 24.5 Å². The third-order valence-electron chi connectivity index (χ3n) is 4.40. The fourth-order valence-corrected chi connectivity index (χ4v) is 3.18. The van der Waals surface area contributed by atoms with Crippen LogP contribution in [-0.2, 0) is 0 Å². The molecule has 6 heteroatoms. The lowest BCUT2D eigenvalue weighted by molar-refractivity contribution is 0.0294. The van der Waals surface area contributed by atoms with E-state index in [2.05, 4.69) is 15.3 Å². The minimum absolute atomic E-state index is 0.144. The second-order valence-electron chi connectivity index (χ2n) is 5.88.